The van der Waals surface area contributed by atoms with E-state index in [0.29, 0.717) is 12.2 Å². The van der Waals surface area contributed by atoms with E-state index in [-0.39, 0.29) is 11.8 Å². The van der Waals surface area contributed by atoms with Crippen LogP contribution in [-0.2, 0) is 0 Å². The summed E-state index contributed by atoms with van der Waals surface area (Å²) in [6, 6.07) is 11.6. The molecule has 0 aliphatic carbocycles. The van der Waals surface area contributed by atoms with Gasteiger partial charge in [0, 0.05) is 36.5 Å². The molecule has 0 unspecified atom stereocenters. The maximum absolute atomic E-state index is 12.4. The molecule has 1 aliphatic heterocycles. The van der Waals surface area contributed by atoms with E-state index in [1.54, 1.807) is 19.4 Å². The third kappa shape index (κ3) is 3.00. The zero-order chi connectivity index (χ0) is 17.2. The van der Waals surface area contributed by atoms with Gasteiger partial charge in [0.15, 0.2) is 0 Å². The average molecular weight is 337 g/mol. The van der Waals surface area contributed by atoms with Crippen LogP contribution in [0.15, 0.2) is 42.6 Å². The van der Waals surface area contributed by atoms with Gasteiger partial charge in [-0.3, -0.25) is 15.0 Å². The second-order valence-electron chi connectivity index (χ2n) is 6.14. The van der Waals surface area contributed by atoms with E-state index in [4.69, 9.17) is 4.74 Å². The van der Waals surface area contributed by atoms with Crippen molar-refractivity contribution in [2.75, 3.05) is 20.2 Å². The Hall–Kier alpha value is -3.09. The molecule has 1 atom stereocenters. The van der Waals surface area contributed by atoms with Gasteiger partial charge < -0.3 is 9.64 Å². The molecule has 1 amide bonds. The number of H-pyrrole nitrogens is 2. The molecule has 3 aromatic rings. The number of methoxy groups -OCH3 is 1. The number of likely N-dealkylation sites (tertiary alicyclic amines) is 1. The highest BCUT2D eigenvalue weighted by Gasteiger charge is 2.29. The second-order valence-corrected chi connectivity index (χ2v) is 6.14. The van der Waals surface area contributed by atoms with Crippen LogP contribution in [0.1, 0.15) is 28.5 Å². The first-order valence-electron chi connectivity index (χ1n) is 8.23. The maximum atomic E-state index is 12.4. The lowest BCUT2D eigenvalue weighted by atomic mass is 10.0. The van der Waals surface area contributed by atoms with Crippen LogP contribution in [0, 0.1) is 0 Å². The number of nitrogens with zero attached hydrogens (tertiary/aromatic N) is 3. The number of ether oxygens (including phenoxy) is 1. The molecule has 4 rings (SSSR count). The number of hydrogen-bond acceptors (Lipinski definition) is 4. The summed E-state index contributed by atoms with van der Waals surface area (Å²) in [5, 5.41) is 14.1. The van der Waals surface area contributed by atoms with Crippen molar-refractivity contribution >= 4 is 5.91 Å². The number of carbonyl (C=O) groups excluding carboxylic acids is 1. The minimum atomic E-state index is -0.00473. The van der Waals surface area contributed by atoms with Crippen molar-refractivity contribution in [3.63, 3.8) is 0 Å². The summed E-state index contributed by atoms with van der Waals surface area (Å²) in [7, 11) is 1.65. The fourth-order valence-corrected chi connectivity index (χ4v) is 3.20. The van der Waals surface area contributed by atoms with Crippen LogP contribution in [0.4, 0.5) is 0 Å². The topological polar surface area (TPSA) is 86.9 Å². The molecular weight excluding hydrogens is 318 g/mol. The zero-order valence-corrected chi connectivity index (χ0v) is 13.9. The van der Waals surface area contributed by atoms with Crippen molar-refractivity contribution in [2.24, 2.45) is 0 Å². The van der Waals surface area contributed by atoms with E-state index in [1.165, 1.54) is 0 Å². The van der Waals surface area contributed by atoms with Gasteiger partial charge in [0.05, 0.1) is 12.8 Å². The van der Waals surface area contributed by atoms with Crippen molar-refractivity contribution in [3.8, 4) is 17.0 Å². The highest BCUT2D eigenvalue weighted by molar-refractivity contribution is 5.92. The van der Waals surface area contributed by atoms with Gasteiger partial charge in [0.25, 0.3) is 5.91 Å². The van der Waals surface area contributed by atoms with Gasteiger partial charge >= 0.3 is 0 Å². The van der Waals surface area contributed by atoms with Crippen LogP contribution < -0.4 is 4.74 Å². The van der Waals surface area contributed by atoms with Crippen molar-refractivity contribution < 1.29 is 9.53 Å². The Bertz CT molecular complexity index is 854. The number of aromatic amines is 2. The molecule has 3 heterocycles. The first-order chi connectivity index (χ1) is 12.2. The van der Waals surface area contributed by atoms with E-state index in [9.17, 15) is 4.79 Å². The van der Waals surface area contributed by atoms with E-state index >= 15 is 0 Å². The molecule has 7 nitrogen and oxygen atoms in total. The summed E-state index contributed by atoms with van der Waals surface area (Å²) >= 11 is 0. The molecule has 128 valence electrons. The number of aromatic nitrogens is 4. The first-order valence-corrected chi connectivity index (χ1v) is 8.23. The monoisotopic (exact) mass is 337 g/mol. The Kier molecular flexibility index (Phi) is 3.97. The van der Waals surface area contributed by atoms with Crippen LogP contribution in [0.5, 0.6) is 5.75 Å². The van der Waals surface area contributed by atoms with Crippen LogP contribution in [-0.4, -0.2) is 51.4 Å². The van der Waals surface area contributed by atoms with E-state index < -0.39 is 0 Å². The highest BCUT2D eigenvalue weighted by Crippen LogP contribution is 2.29. The predicted octanol–water partition coefficient (Wildman–Crippen LogP) is 2.44. The number of carbonyl (C=O) groups is 1. The van der Waals surface area contributed by atoms with Gasteiger partial charge in [-0.2, -0.15) is 10.2 Å². The molecule has 0 saturated carbocycles. The predicted molar refractivity (Wildman–Crippen MR) is 92.4 cm³/mol. The molecule has 25 heavy (non-hydrogen) atoms. The molecule has 2 N–H and O–H groups in total. The molecule has 0 bridgehead atoms. The van der Waals surface area contributed by atoms with Gasteiger partial charge in [-0.05, 0) is 42.8 Å². The lowest BCUT2D eigenvalue weighted by Gasteiger charge is -2.14. The minimum Gasteiger partial charge on any atom is -0.497 e. The third-order valence-electron chi connectivity index (χ3n) is 4.63. The fourth-order valence-electron chi connectivity index (χ4n) is 3.20. The second kappa shape index (κ2) is 6.43. The van der Waals surface area contributed by atoms with Crippen LogP contribution in [0.2, 0.25) is 0 Å². The summed E-state index contributed by atoms with van der Waals surface area (Å²) in [6.07, 6.45) is 2.51. The van der Waals surface area contributed by atoms with Crippen molar-refractivity contribution in [3.05, 3.63) is 54.0 Å². The number of hydrogen-bond donors (Lipinski definition) is 2. The Balaban J connectivity index is 1.46. The largest absolute Gasteiger partial charge is 0.497 e. The molecule has 7 heteroatoms. The average Bonchev–Trinajstić information content (AvgIpc) is 3.42. The van der Waals surface area contributed by atoms with Crippen LogP contribution in [0.25, 0.3) is 11.3 Å². The molecule has 2 aromatic heterocycles. The summed E-state index contributed by atoms with van der Waals surface area (Å²) in [6.45, 7) is 1.42. The lowest BCUT2D eigenvalue weighted by molar-refractivity contribution is 0.0785. The number of benzene rings is 1. The molecule has 1 aromatic carbocycles. The van der Waals surface area contributed by atoms with E-state index in [2.05, 4.69) is 26.5 Å². The quantitative estimate of drug-likeness (QED) is 0.765. The fraction of sp³-hybridized carbons (Fsp3) is 0.278. The van der Waals surface area contributed by atoms with E-state index in [0.717, 1.165) is 35.7 Å². The molecule has 0 radical (unpaired) electrons. The van der Waals surface area contributed by atoms with Gasteiger partial charge in [0.2, 0.25) is 0 Å². The highest BCUT2D eigenvalue weighted by atomic mass is 16.5. The van der Waals surface area contributed by atoms with Crippen molar-refractivity contribution in [1.82, 2.24) is 25.3 Å². The van der Waals surface area contributed by atoms with Crippen LogP contribution >= 0.6 is 0 Å². The number of nitrogens with one attached hydrogen (secondary N) is 2. The Labute approximate surface area is 145 Å². The van der Waals surface area contributed by atoms with Gasteiger partial charge in [-0.25, -0.2) is 0 Å². The van der Waals surface area contributed by atoms with Gasteiger partial charge in [-0.15, -0.1) is 0 Å². The minimum absolute atomic E-state index is 0.00473. The van der Waals surface area contributed by atoms with Gasteiger partial charge in [0.1, 0.15) is 11.4 Å². The smallest absolute Gasteiger partial charge is 0.271 e. The Morgan fingerprint density at radius 3 is 2.80 bits per heavy atom. The number of amides is 1. The summed E-state index contributed by atoms with van der Waals surface area (Å²) in [4.78, 5) is 14.2. The maximum Gasteiger partial charge on any atom is 0.271 e. The van der Waals surface area contributed by atoms with Crippen molar-refractivity contribution in [2.45, 2.75) is 12.3 Å². The first kappa shape index (κ1) is 15.4. The molecule has 1 saturated heterocycles. The summed E-state index contributed by atoms with van der Waals surface area (Å²) in [5.74, 6) is 1.09. The Morgan fingerprint density at radius 2 is 2.08 bits per heavy atom. The molecule has 1 fully saturated rings. The van der Waals surface area contributed by atoms with Gasteiger partial charge in [-0.1, -0.05) is 0 Å². The normalized spacial score (nSPS) is 17.0. The number of rotatable bonds is 4. The van der Waals surface area contributed by atoms with E-state index in [1.807, 2.05) is 29.2 Å². The van der Waals surface area contributed by atoms with Crippen LogP contribution in [0.3, 0.4) is 0 Å². The molecule has 1 aliphatic rings. The summed E-state index contributed by atoms with van der Waals surface area (Å²) < 4.78 is 5.18. The SMILES string of the molecule is COc1ccc(-c2cc([C@H]3CCN(C(=O)c4ccn[nH]4)C3)[nH]n2)cc1. The van der Waals surface area contributed by atoms with Crippen molar-refractivity contribution in [1.29, 1.82) is 0 Å². The lowest BCUT2D eigenvalue weighted by Crippen LogP contribution is -2.28. The summed E-state index contributed by atoms with van der Waals surface area (Å²) in [5.41, 5.74) is 3.53. The zero-order valence-electron chi connectivity index (χ0n) is 13.9. The third-order valence-corrected chi connectivity index (χ3v) is 4.63. The standard InChI is InChI=1S/C18H19N5O2/c1-25-14-4-2-12(3-5-14)16-10-17(22-21-16)13-7-9-23(11-13)18(24)15-6-8-19-20-15/h2-6,8,10,13H,7,9,11H2,1H3,(H,19,20)(H,21,22)/t13-/m0/s1. The molecule has 0 spiro atoms. The Morgan fingerprint density at radius 1 is 1.24 bits per heavy atom. The molecular formula is C18H19N5O2.